The number of hydrogen-bond donors (Lipinski definition) is 1. The Morgan fingerprint density at radius 3 is 2.48 bits per heavy atom. The number of anilines is 1. The van der Waals surface area contributed by atoms with Crippen molar-refractivity contribution < 1.29 is 22.7 Å². The SMILES string of the molecule is Cn1c(=O)n(Cc2ccccc2)c2c(N3CCNCC3)nc(OC(=O)C(F)(F)F)nc21. The van der Waals surface area contributed by atoms with Crippen LogP contribution in [-0.2, 0) is 18.4 Å². The highest BCUT2D eigenvalue weighted by Crippen LogP contribution is 2.28. The Morgan fingerprint density at radius 2 is 1.84 bits per heavy atom. The Labute approximate surface area is 174 Å². The quantitative estimate of drug-likeness (QED) is 0.611. The van der Waals surface area contributed by atoms with E-state index in [0.29, 0.717) is 31.7 Å². The maximum atomic E-state index is 13.0. The summed E-state index contributed by atoms with van der Waals surface area (Å²) in [4.78, 5) is 34.2. The smallest absolute Gasteiger partial charge is 0.384 e. The van der Waals surface area contributed by atoms with Gasteiger partial charge in [0.1, 0.15) is 5.52 Å². The van der Waals surface area contributed by atoms with Crippen molar-refractivity contribution in [3.05, 3.63) is 46.4 Å². The molecule has 1 aromatic carbocycles. The summed E-state index contributed by atoms with van der Waals surface area (Å²) in [6.07, 6.45) is -5.20. The molecule has 0 spiro atoms. The van der Waals surface area contributed by atoms with E-state index >= 15 is 0 Å². The molecule has 12 heteroatoms. The summed E-state index contributed by atoms with van der Waals surface area (Å²) in [6, 6.07) is 8.50. The molecule has 2 aromatic heterocycles. The number of imidazole rings is 1. The molecule has 0 atom stereocenters. The summed E-state index contributed by atoms with van der Waals surface area (Å²) in [5, 5.41) is 3.18. The van der Waals surface area contributed by atoms with Crippen molar-refractivity contribution in [1.82, 2.24) is 24.4 Å². The van der Waals surface area contributed by atoms with Crippen molar-refractivity contribution in [2.75, 3.05) is 31.1 Å². The number of piperazine rings is 1. The zero-order chi connectivity index (χ0) is 22.2. The predicted molar refractivity (Wildman–Crippen MR) is 105 cm³/mol. The van der Waals surface area contributed by atoms with Gasteiger partial charge in [-0.15, -0.1) is 0 Å². The number of aryl methyl sites for hydroxylation is 1. The first kappa shape index (κ1) is 20.8. The number of nitrogens with zero attached hydrogens (tertiary/aromatic N) is 5. The van der Waals surface area contributed by atoms with Crippen LogP contribution in [-0.4, -0.2) is 57.4 Å². The molecular weight excluding hydrogens is 417 g/mol. The van der Waals surface area contributed by atoms with E-state index < -0.39 is 23.8 Å². The van der Waals surface area contributed by atoms with Gasteiger partial charge in [0.15, 0.2) is 11.5 Å². The number of halogens is 3. The molecule has 9 nitrogen and oxygen atoms in total. The minimum absolute atomic E-state index is 0.0782. The molecule has 1 aliphatic rings. The number of benzene rings is 1. The minimum Gasteiger partial charge on any atom is -0.384 e. The van der Waals surface area contributed by atoms with E-state index in [-0.39, 0.29) is 18.0 Å². The Hall–Kier alpha value is -3.41. The van der Waals surface area contributed by atoms with Gasteiger partial charge < -0.3 is 15.0 Å². The van der Waals surface area contributed by atoms with Crippen LogP contribution in [0.2, 0.25) is 0 Å². The first-order valence-electron chi connectivity index (χ1n) is 9.51. The van der Waals surface area contributed by atoms with Gasteiger partial charge in [0.25, 0.3) is 0 Å². The van der Waals surface area contributed by atoms with Crippen LogP contribution in [0.15, 0.2) is 35.1 Å². The highest BCUT2D eigenvalue weighted by molar-refractivity contribution is 5.86. The van der Waals surface area contributed by atoms with Gasteiger partial charge in [-0.1, -0.05) is 30.3 Å². The maximum absolute atomic E-state index is 13.0. The van der Waals surface area contributed by atoms with Crippen LogP contribution in [0.4, 0.5) is 19.0 Å². The summed E-state index contributed by atoms with van der Waals surface area (Å²) in [5.74, 6) is -2.18. The monoisotopic (exact) mass is 436 g/mol. The first-order valence-corrected chi connectivity index (χ1v) is 9.51. The van der Waals surface area contributed by atoms with Crippen molar-refractivity contribution >= 4 is 23.0 Å². The Bertz CT molecular complexity index is 1170. The van der Waals surface area contributed by atoms with Crippen LogP contribution in [0.3, 0.4) is 0 Å². The Morgan fingerprint density at radius 1 is 1.16 bits per heavy atom. The van der Waals surface area contributed by atoms with Crippen molar-refractivity contribution in [2.24, 2.45) is 7.05 Å². The van der Waals surface area contributed by atoms with Gasteiger partial charge in [-0.25, -0.2) is 9.59 Å². The Kier molecular flexibility index (Phi) is 5.39. The van der Waals surface area contributed by atoms with Gasteiger partial charge >= 0.3 is 23.8 Å². The molecule has 0 bridgehead atoms. The van der Waals surface area contributed by atoms with Gasteiger partial charge in [0.2, 0.25) is 0 Å². The average Bonchev–Trinajstić information content (AvgIpc) is 2.99. The van der Waals surface area contributed by atoms with Crippen LogP contribution >= 0.6 is 0 Å². The molecule has 31 heavy (non-hydrogen) atoms. The van der Waals surface area contributed by atoms with Crippen molar-refractivity contribution in [3.63, 3.8) is 0 Å². The third-order valence-corrected chi connectivity index (χ3v) is 4.95. The normalized spacial score (nSPS) is 14.8. The van der Waals surface area contributed by atoms with E-state index in [9.17, 15) is 22.8 Å². The highest BCUT2D eigenvalue weighted by Gasteiger charge is 2.42. The second-order valence-electron chi connectivity index (χ2n) is 7.04. The van der Waals surface area contributed by atoms with E-state index in [1.807, 2.05) is 35.2 Å². The number of alkyl halides is 3. The van der Waals surface area contributed by atoms with Gasteiger partial charge in [0, 0.05) is 33.2 Å². The number of carbonyl (C=O) groups excluding carboxylic acids is 1. The minimum atomic E-state index is -5.20. The second-order valence-corrected chi connectivity index (χ2v) is 7.04. The number of ether oxygens (including phenoxy) is 1. The van der Waals surface area contributed by atoms with Gasteiger partial charge in [-0.3, -0.25) is 9.13 Å². The topological polar surface area (TPSA) is 94.3 Å². The van der Waals surface area contributed by atoms with Crippen LogP contribution in [0, 0.1) is 0 Å². The van der Waals surface area contributed by atoms with Gasteiger partial charge in [0.05, 0.1) is 6.54 Å². The summed E-state index contributed by atoms with van der Waals surface area (Å²) >= 11 is 0. The van der Waals surface area contributed by atoms with Crippen molar-refractivity contribution in [1.29, 1.82) is 0 Å². The average molecular weight is 436 g/mol. The lowest BCUT2D eigenvalue weighted by molar-refractivity contribution is -0.190. The van der Waals surface area contributed by atoms with E-state index in [1.54, 1.807) is 0 Å². The van der Waals surface area contributed by atoms with E-state index in [1.165, 1.54) is 16.2 Å². The van der Waals surface area contributed by atoms with Crippen LogP contribution in [0.1, 0.15) is 5.56 Å². The Balaban J connectivity index is 1.88. The molecule has 4 rings (SSSR count). The molecule has 0 radical (unpaired) electrons. The van der Waals surface area contributed by atoms with Crippen LogP contribution < -0.4 is 20.6 Å². The lowest BCUT2D eigenvalue weighted by Crippen LogP contribution is -2.44. The summed E-state index contributed by atoms with van der Waals surface area (Å²) in [6.45, 7) is 2.49. The van der Waals surface area contributed by atoms with Crippen LogP contribution in [0.5, 0.6) is 6.01 Å². The van der Waals surface area contributed by atoms with E-state index in [2.05, 4.69) is 20.0 Å². The molecule has 3 aromatic rings. The van der Waals surface area contributed by atoms with Crippen molar-refractivity contribution in [3.8, 4) is 6.01 Å². The van der Waals surface area contributed by atoms with Gasteiger partial charge in [-0.2, -0.15) is 23.1 Å². The molecule has 1 saturated heterocycles. The fourth-order valence-electron chi connectivity index (χ4n) is 3.45. The summed E-state index contributed by atoms with van der Waals surface area (Å²) in [7, 11) is 1.45. The predicted octanol–water partition coefficient (Wildman–Crippen LogP) is 1.06. The number of rotatable bonds is 4. The molecule has 0 unspecified atom stereocenters. The zero-order valence-electron chi connectivity index (χ0n) is 16.5. The largest absolute Gasteiger partial charge is 0.491 e. The third-order valence-electron chi connectivity index (χ3n) is 4.95. The fraction of sp³-hybridized carbons (Fsp3) is 0.368. The maximum Gasteiger partial charge on any atom is 0.491 e. The van der Waals surface area contributed by atoms with E-state index in [0.717, 1.165) is 5.56 Å². The number of aromatic nitrogens is 4. The number of hydrogen-bond acceptors (Lipinski definition) is 7. The van der Waals surface area contributed by atoms with Crippen LogP contribution in [0.25, 0.3) is 11.2 Å². The summed E-state index contributed by atoms with van der Waals surface area (Å²) < 4.78 is 45.1. The molecule has 0 amide bonds. The first-order chi connectivity index (χ1) is 14.8. The highest BCUT2D eigenvalue weighted by atomic mass is 19.4. The number of fused-ring (bicyclic) bond motifs is 1. The lowest BCUT2D eigenvalue weighted by Gasteiger charge is -2.29. The molecular formula is C19H19F3N6O3. The number of carbonyl (C=O) groups is 1. The van der Waals surface area contributed by atoms with Crippen molar-refractivity contribution in [2.45, 2.75) is 12.7 Å². The molecule has 0 saturated carbocycles. The molecule has 164 valence electrons. The second kappa shape index (κ2) is 8.02. The number of esters is 1. The zero-order valence-corrected chi connectivity index (χ0v) is 16.5. The lowest BCUT2D eigenvalue weighted by atomic mass is 10.2. The molecule has 1 N–H and O–H groups in total. The number of nitrogens with one attached hydrogen (secondary N) is 1. The molecule has 1 fully saturated rings. The fourth-order valence-corrected chi connectivity index (χ4v) is 3.45. The molecule has 3 heterocycles. The standard InChI is InChI=1S/C19H19F3N6O3/c1-26-14-13(28(18(26)30)11-12-5-3-2-4-6-12)15(27-9-7-23-8-10-27)25-17(24-14)31-16(29)19(20,21)22/h2-6,23H,7-11H2,1H3. The molecule has 1 aliphatic heterocycles. The van der Waals surface area contributed by atoms with E-state index in [4.69, 9.17) is 0 Å². The van der Waals surface area contributed by atoms with Gasteiger partial charge in [-0.05, 0) is 5.56 Å². The summed E-state index contributed by atoms with van der Waals surface area (Å²) in [5.41, 5.74) is 0.888. The molecule has 0 aliphatic carbocycles. The third kappa shape index (κ3) is 4.10.